The summed E-state index contributed by atoms with van der Waals surface area (Å²) in [5.41, 5.74) is 9.40. The van der Waals surface area contributed by atoms with Crippen molar-refractivity contribution >= 4 is 35.2 Å². The molecule has 1 unspecified atom stereocenters. The number of H-pyrrole nitrogens is 1. The lowest BCUT2D eigenvalue weighted by molar-refractivity contribution is 0.193. The fraction of sp³-hybridized carbons (Fsp3) is 0.167. The van der Waals surface area contributed by atoms with Crippen molar-refractivity contribution in [3.63, 3.8) is 0 Å². The number of nitrogens with two attached hydrogens (primary N) is 1. The van der Waals surface area contributed by atoms with Gasteiger partial charge in [0.05, 0.1) is 11.7 Å². The molecule has 4 aromatic rings. The van der Waals surface area contributed by atoms with Crippen molar-refractivity contribution in [1.82, 2.24) is 30.2 Å². The number of carbonyl (C=O) groups excluding carboxylic acids is 1. The average Bonchev–Trinajstić information content (AvgIpc) is 3.27. The number of benzene rings is 1. The summed E-state index contributed by atoms with van der Waals surface area (Å²) in [4.78, 5) is 30.0. The molecule has 1 atom stereocenters. The Labute approximate surface area is 212 Å². The predicted molar refractivity (Wildman–Crippen MR) is 136 cm³/mol. The molecule has 1 amide bonds. The standard InChI is InChI=1S/C24H23Cl2N7O2/c1-33(2)20(14-4-3-5-28-10-14)13-31-24(34)35-21-8-16(11-29-21)22-19(12-30-23(27)32-22)15-6-17(25)9-18(26)7-15/h3-12,20,29H,13H2,1-2H3,(H,31,34)(H2,27,30,32). The highest BCUT2D eigenvalue weighted by Gasteiger charge is 2.18. The van der Waals surface area contributed by atoms with Gasteiger partial charge >= 0.3 is 6.09 Å². The van der Waals surface area contributed by atoms with Crippen molar-refractivity contribution in [2.75, 3.05) is 26.4 Å². The van der Waals surface area contributed by atoms with Crippen molar-refractivity contribution in [3.05, 3.63) is 76.8 Å². The van der Waals surface area contributed by atoms with Gasteiger partial charge < -0.3 is 25.7 Å². The van der Waals surface area contributed by atoms with E-state index in [0.717, 1.165) is 11.1 Å². The minimum atomic E-state index is -0.599. The zero-order valence-electron chi connectivity index (χ0n) is 19.0. The number of halogens is 2. The van der Waals surface area contributed by atoms with Crippen molar-refractivity contribution in [1.29, 1.82) is 0 Å². The Balaban J connectivity index is 1.50. The molecular formula is C24H23Cl2N7O2. The van der Waals surface area contributed by atoms with E-state index in [4.69, 9.17) is 33.7 Å². The van der Waals surface area contributed by atoms with E-state index in [1.807, 2.05) is 31.1 Å². The van der Waals surface area contributed by atoms with E-state index in [-0.39, 0.29) is 17.9 Å². The van der Waals surface area contributed by atoms with Crippen molar-refractivity contribution in [2.24, 2.45) is 0 Å². The van der Waals surface area contributed by atoms with Crippen LogP contribution in [0.2, 0.25) is 10.0 Å². The fourth-order valence-electron chi connectivity index (χ4n) is 3.59. The number of likely N-dealkylation sites (N-methyl/N-ethyl adjacent to an activating group) is 1. The van der Waals surface area contributed by atoms with Crippen LogP contribution in [0.15, 0.2) is 61.2 Å². The van der Waals surface area contributed by atoms with Gasteiger partial charge in [0.25, 0.3) is 0 Å². The van der Waals surface area contributed by atoms with E-state index < -0.39 is 6.09 Å². The highest BCUT2D eigenvalue weighted by molar-refractivity contribution is 6.35. The number of hydrogen-bond acceptors (Lipinski definition) is 7. The van der Waals surface area contributed by atoms with Gasteiger partial charge in [-0.15, -0.1) is 0 Å². The first kappa shape index (κ1) is 24.5. The molecule has 0 bridgehead atoms. The van der Waals surface area contributed by atoms with Crippen LogP contribution in [0.1, 0.15) is 11.6 Å². The van der Waals surface area contributed by atoms with Crippen LogP contribution in [0.25, 0.3) is 22.4 Å². The maximum atomic E-state index is 12.5. The quantitative estimate of drug-likeness (QED) is 0.325. The first-order valence-corrected chi connectivity index (χ1v) is 11.4. The lowest BCUT2D eigenvalue weighted by Crippen LogP contribution is -2.36. The molecule has 4 rings (SSSR count). The third-order valence-electron chi connectivity index (χ3n) is 5.25. The average molecular weight is 512 g/mol. The SMILES string of the molecule is CN(C)C(CNC(=O)Oc1cc(-c2nc(N)ncc2-c2cc(Cl)cc(Cl)c2)c[nH]1)c1cccnc1. The van der Waals surface area contributed by atoms with E-state index in [0.29, 0.717) is 33.4 Å². The topological polar surface area (TPSA) is 122 Å². The van der Waals surface area contributed by atoms with Crippen molar-refractivity contribution in [2.45, 2.75) is 6.04 Å². The molecular weight excluding hydrogens is 489 g/mol. The molecule has 0 saturated heterocycles. The number of ether oxygens (including phenoxy) is 1. The smallest absolute Gasteiger partial charge is 0.393 e. The van der Waals surface area contributed by atoms with Gasteiger partial charge in [-0.05, 0) is 49.5 Å². The molecule has 3 aromatic heterocycles. The van der Waals surface area contributed by atoms with Crippen LogP contribution in [0.5, 0.6) is 5.88 Å². The van der Waals surface area contributed by atoms with Crippen molar-refractivity contribution < 1.29 is 9.53 Å². The molecule has 180 valence electrons. The van der Waals surface area contributed by atoms with Gasteiger partial charge in [-0.25, -0.2) is 14.8 Å². The molecule has 0 spiro atoms. The molecule has 0 radical (unpaired) electrons. The van der Waals surface area contributed by atoms with E-state index in [2.05, 4.69) is 25.3 Å². The molecule has 11 heteroatoms. The van der Waals surface area contributed by atoms with Crippen molar-refractivity contribution in [3.8, 4) is 28.3 Å². The Morgan fingerprint density at radius 1 is 1.17 bits per heavy atom. The van der Waals surface area contributed by atoms with Crippen LogP contribution in [0.4, 0.5) is 10.7 Å². The molecule has 9 nitrogen and oxygen atoms in total. The Hall–Kier alpha value is -3.66. The Morgan fingerprint density at radius 2 is 1.94 bits per heavy atom. The maximum Gasteiger partial charge on any atom is 0.413 e. The largest absolute Gasteiger partial charge is 0.413 e. The normalized spacial score (nSPS) is 11.9. The zero-order chi connectivity index (χ0) is 24.9. The van der Waals surface area contributed by atoms with E-state index in [1.54, 1.807) is 49.1 Å². The van der Waals surface area contributed by atoms with Crippen LogP contribution < -0.4 is 15.8 Å². The van der Waals surface area contributed by atoms with Gasteiger partial charge in [-0.2, -0.15) is 0 Å². The highest BCUT2D eigenvalue weighted by Crippen LogP contribution is 2.34. The maximum absolute atomic E-state index is 12.5. The number of carbonyl (C=O) groups is 1. The van der Waals surface area contributed by atoms with E-state index in [9.17, 15) is 4.79 Å². The van der Waals surface area contributed by atoms with Gasteiger partial charge in [0.15, 0.2) is 0 Å². The number of amides is 1. The third kappa shape index (κ3) is 6.07. The summed E-state index contributed by atoms with van der Waals surface area (Å²) >= 11 is 12.3. The predicted octanol–water partition coefficient (Wildman–Crippen LogP) is 4.81. The Morgan fingerprint density at radius 3 is 2.63 bits per heavy atom. The molecule has 0 saturated carbocycles. The summed E-state index contributed by atoms with van der Waals surface area (Å²) in [5, 5.41) is 3.75. The summed E-state index contributed by atoms with van der Waals surface area (Å²) in [6, 6.07) is 10.6. The molecule has 35 heavy (non-hydrogen) atoms. The minimum absolute atomic E-state index is 0.0634. The molecule has 0 aliphatic carbocycles. The number of hydrogen-bond donors (Lipinski definition) is 3. The summed E-state index contributed by atoms with van der Waals surface area (Å²) < 4.78 is 5.44. The monoisotopic (exact) mass is 511 g/mol. The summed E-state index contributed by atoms with van der Waals surface area (Å²) in [6.45, 7) is 0.340. The highest BCUT2D eigenvalue weighted by atomic mass is 35.5. The molecule has 3 heterocycles. The fourth-order valence-corrected chi connectivity index (χ4v) is 4.12. The van der Waals surface area contributed by atoms with Gasteiger partial charge in [-0.3, -0.25) is 4.98 Å². The lowest BCUT2D eigenvalue weighted by Gasteiger charge is -2.24. The third-order valence-corrected chi connectivity index (χ3v) is 5.68. The van der Waals surface area contributed by atoms with E-state index >= 15 is 0 Å². The first-order valence-electron chi connectivity index (χ1n) is 10.6. The number of aromatic amines is 1. The lowest BCUT2D eigenvalue weighted by atomic mass is 10.0. The van der Waals surface area contributed by atoms with Gasteiger partial charge in [-0.1, -0.05) is 29.3 Å². The Bertz CT molecular complexity index is 1310. The second-order valence-electron chi connectivity index (χ2n) is 7.94. The van der Waals surface area contributed by atoms with Crippen LogP contribution >= 0.6 is 23.2 Å². The molecule has 0 aliphatic heterocycles. The molecule has 1 aromatic carbocycles. The number of aromatic nitrogens is 4. The van der Waals surface area contributed by atoms with Crippen LogP contribution in [0.3, 0.4) is 0 Å². The zero-order valence-corrected chi connectivity index (χ0v) is 20.5. The van der Waals surface area contributed by atoms with Crippen LogP contribution in [-0.2, 0) is 0 Å². The number of pyridine rings is 1. The minimum Gasteiger partial charge on any atom is -0.393 e. The number of anilines is 1. The summed E-state index contributed by atoms with van der Waals surface area (Å²) in [7, 11) is 3.86. The van der Waals surface area contributed by atoms with Gasteiger partial charge in [0.2, 0.25) is 11.8 Å². The first-order chi connectivity index (χ1) is 16.8. The molecule has 0 aliphatic rings. The molecule has 0 fully saturated rings. The number of nitrogens with zero attached hydrogens (tertiary/aromatic N) is 4. The molecule has 4 N–H and O–H groups in total. The number of nitrogen functional groups attached to an aromatic ring is 1. The van der Waals surface area contributed by atoms with Gasteiger partial charge in [0, 0.05) is 58.6 Å². The number of nitrogens with one attached hydrogen (secondary N) is 2. The summed E-state index contributed by atoms with van der Waals surface area (Å²) in [5.74, 6) is 0.343. The van der Waals surface area contributed by atoms with Crippen LogP contribution in [-0.4, -0.2) is 51.6 Å². The van der Waals surface area contributed by atoms with Crippen LogP contribution in [0, 0.1) is 0 Å². The van der Waals surface area contributed by atoms with E-state index in [1.165, 1.54) is 0 Å². The second kappa shape index (κ2) is 10.7. The summed E-state index contributed by atoms with van der Waals surface area (Å²) in [6.07, 6.45) is 6.14. The number of rotatable bonds is 7. The Kier molecular flexibility index (Phi) is 7.50. The second-order valence-corrected chi connectivity index (χ2v) is 8.81. The van der Waals surface area contributed by atoms with Gasteiger partial charge in [0.1, 0.15) is 0 Å².